The van der Waals surface area contributed by atoms with Gasteiger partial charge in [0.05, 0.1) is 6.42 Å². The molecule has 1 aliphatic carbocycles. The molecule has 1 saturated carbocycles. The van der Waals surface area contributed by atoms with Gasteiger partial charge in [0.1, 0.15) is 5.75 Å². The van der Waals surface area contributed by atoms with Crippen molar-refractivity contribution in [3.05, 3.63) is 29.8 Å². The highest BCUT2D eigenvalue weighted by Crippen LogP contribution is 2.29. The summed E-state index contributed by atoms with van der Waals surface area (Å²) in [6.07, 6.45) is 2.88. The van der Waals surface area contributed by atoms with Gasteiger partial charge in [0.15, 0.2) is 0 Å². The molecule has 0 radical (unpaired) electrons. The van der Waals surface area contributed by atoms with Crippen LogP contribution >= 0.6 is 0 Å². The molecule has 0 saturated heterocycles. The monoisotopic (exact) mass is 219 g/mol. The molecule has 3 heteroatoms. The third-order valence-corrected chi connectivity index (χ3v) is 2.92. The molecule has 1 N–H and O–H groups in total. The summed E-state index contributed by atoms with van der Waals surface area (Å²) < 4.78 is 0. The number of hydrogen-bond acceptors (Lipinski definition) is 2. The van der Waals surface area contributed by atoms with Crippen molar-refractivity contribution in [3.63, 3.8) is 0 Å². The van der Waals surface area contributed by atoms with Gasteiger partial charge in [-0.25, -0.2) is 0 Å². The van der Waals surface area contributed by atoms with Crippen molar-refractivity contribution < 1.29 is 9.90 Å². The van der Waals surface area contributed by atoms with Gasteiger partial charge in [0.2, 0.25) is 5.91 Å². The minimum Gasteiger partial charge on any atom is -0.508 e. The first-order chi connectivity index (χ1) is 7.65. The van der Waals surface area contributed by atoms with Gasteiger partial charge in [0.25, 0.3) is 0 Å². The third-order valence-electron chi connectivity index (χ3n) is 2.92. The van der Waals surface area contributed by atoms with Gasteiger partial charge in [-0.3, -0.25) is 4.79 Å². The average molecular weight is 219 g/mol. The largest absolute Gasteiger partial charge is 0.508 e. The molecule has 0 spiro atoms. The summed E-state index contributed by atoms with van der Waals surface area (Å²) in [5.41, 5.74) is 0.868. The molecule has 0 atom stereocenters. The third kappa shape index (κ3) is 2.99. The summed E-state index contributed by atoms with van der Waals surface area (Å²) in [6, 6.07) is 6.88. The van der Waals surface area contributed by atoms with Crippen LogP contribution in [-0.4, -0.2) is 29.5 Å². The molecule has 0 aromatic heterocycles. The highest BCUT2D eigenvalue weighted by molar-refractivity contribution is 5.78. The molecule has 0 heterocycles. The van der Waals surface area contributed by atoms with Crippen LogP contribution in [0.1, 0.15) is 18.4 Å². The fraction of sp³-hybridized carbons (Fsp3) is 0.462. The molecule has 1 aromatic rings. The van der Waals surface area contributed by atoms with Gasteiger partial charge in [-0.2, -0.15) is 0 Å². The van der Waals surface area contributed by atoms with E-state index in [1.54, 1.807) is 23.1 Å². The Kier molecular flexibility index (Phi) is 3.13. The van der Waals surface area contributed by atoms with Gasteiger partial charge in [-0.15, -0.1) is 0 Å². The molecule has 0 bridgehead atoms. The molecule has 1 aliphatic rings. The van der Waals surface area contributed by atoms with Crippen LogP contribution in [-0.2, 0) is 11.2 Å². The highest BCUT2D eigenvalue weighted by atomic mass is 16.3. The van der Waals surface area contributed by atoms with Crippen molar-refractivity contribution in [2.75, 3.05) is 13.6 Å². The standard InChI is InChI=1S/C13H17NO2/c1-14(9-10-5-6-10)13(16)8-11-3-2-4-12(15)7-11/h2-4,7,10,15H,5-6,8-9H2,1H3. The molecule has 0 unspecified atom stereocenters. The van der Waals surface area contributed by atoms with Gasteiger partial charge in [-0.1, -0.05) is 12.1 Å². The molecule has 16 heavy (non-hydrogen) atoms. The average Bonchev–Trinajstić information content (AvgIpc) is 3.01. The zero-order chi connectivity index (χ0) is 11.5. The first-order valence-corrected chi connectivity index (χ1v) is 5.67. The molecular weight excluding hydrogens is 202 g/mol. The quantitative estimate of drug-likeness (QED) is 0.839. The Morgan fingerprint density at radius 1 is 1.50 bits per heavy atom. The Bertz CT molecular complexity index is 385. The molecule has 1 aromatic carbocycles. The highest BCUT2D eigenvalue weighted by Gasteiger charge is 2.24. The lowest BCUT2D eigenvalue weighted by Crippen LogP contribution is -2.30. The number of carbonyl (C=O) groups is 1. The number of amides is 1. The van der Waals surface area contributed by atoms with E-state index in [1.807, 2.05) is 13.1 Å². The minimum atomic E-state index is 0.123. The summed E-state index contributed by atoms with van der Waals surface area (Å²) in [5, 5.41) is 9.30. The van der Waals surface area contributed by atoms with Crippen LogP contribution in [0, 0.1) is 5.92 Å². The molecule has 3 nitrogen and oxygen atoms in total. The van der Waals surface area contributed by atoms with Crippen molar-refractivity contribution in [3.8, 4) is 5.75 Å². The van der Waals surface area contributed by atoms with Crippen molar-refractivity contribution in [2.24, 2.45) is 5.92 Å². The Hall–Kier alpha value is -1.51. The van der Waals surface area contributed by atoms with E-state index < -0.39 is 0 Å². The number of nitrogens with zero attached hydrogens (tertiary/aromatic N) is 1. The first kappa shape index (κ1) is 11.0. The summed E-state index contributed by atoms with van der Waals surface area (Å²) in [5.74, 6) is 1.06. The number of aromatic hydroxyl groups is 1. The van der Waals surface area contributed by atoms with Gasteiger partial charge in [0, 0.05) is 13.6 Å². The molecule has 1 amide bonds. The van der Waals surface area contributed by atoms with Crippen LogP contribution in [0.2, 0.25) is 0 Å². The number of likely N-dealkylation sites (N-methyl/N-ethyl adjacent to an activating group) is 1. The number of carbonyl (C=O) groups excluding carboxylic acids is 1. The predicted molar refractivity (Wildman–Crippen MR) is 62.2 cm³/mol. The maximum absolute atomic E-state index is 11.8. The molecule has 1 fully saturated rings. The molecular formula is C13H17NO2. The fourth-order valence-corrected chi connectivity index (χ4v) is 1.77. The Balaban J connectivity index is 1.90. The van der Waals surface area contributed by atoms with E-state index >= 15 is 0 Å². The first-order valence-electron chi connectivity index (χ1n) is 5.67. The molecule has 0 aliphatic heterocycles. The molecule has 86 valence electrons. The van der Waals surface area contributed by atoms with Crippen LogP contribution in [0.15, 0.2) is 24.3 Å². The van der Waals surface area contributed by atoms with Crippen molar-refractivity contribution in [1.82, 2.24) is 4.90 Å². The van der Waals surface area contributed by atoms with Crippen LogP contribution < -0.4 is 0 Å². The van der Waals surface area contributed by atoms with Crippen molar-refractivity contribution >= 4 is 5.91 Å². The Labute approximate surface area is 95.7 Å². The van der Waals surface area contributed by atoms with Crippen molar-refractivity contribution in [2.45, 2.75) is 19.3 Å². The second-order valence-corrected chi connectivity index (χ2v) is 4.56. The zero-order valence-electron chi connectivity index (χ0n) is 9.52. The van der Waals surface area contributed by atoms with Gasteiger partial charge >= 0.3 is 0 Å². The Morgan fingerprint density at radius 3 is 2.88 bits per heavy atom. The van der Waals surface area contributed by atoms with E-state index in [0.717, 1.165) is 18.0 Å². The number of phenolic OH excluding ortho intramolecular Hbond substituents is 1. The number of rotatable bonds is 4. The Morgan fingerprint density at radius 2 is 2.25 bits per heavy atom. The van der Waals surface area contributed by atoms with E-state index in [9.17, 15) is 9.90 Å². The number of benzene rings is 1. The van der Waals surface area contributed by atoms with E-state index in [-0.39, 0.29) is 11.7 Å². The SMILES string of the molecule is CN(CC1CC1)C(=O)Cc1cccc(O)c1. The van der Waals surface area contributed by atoms with Gasteiger partial charge < -0.3 is 10.0 Å². The summed E-state index contributed by atoms with van der Waals surface area (Å²) in [6.45, 7) is 0.873. The van der Waals surface area contributed by atoms with Crippen LogP contribution in [0.4, 0.5) is 0 Å². The van der Waals surface area contributed by atoms with Crippen LogP contribution in [0.25, 0.3) is 0 Å². The van der Waals surface area contributed by atoms with Crippen LogP contribution in [0.3, 0.4) is 0 Å². The van der Waals surface area contributed by atoms with E-state index in [2.05, 4.69) is 0 Å². The normalized spacial score (nSPS) is 14.8. The van der Waals surface area contributed by atoms with E-state index in [0.29, 0.717) is 6.42 Å². The van der Waals surface area contributed by atoms with Gasteiger partial charge in [-0.05, 0) is 36.5 Å². The second-order valence-electron chi connectivity index (χ2n) is 4.56. The number of hydrogen-bond donors (Lipinski definition) is 1. The topological polar surface area (TPSA) is 40.5 Å². The zero-order valence-corrected chi connectivity index (χ0v) is 9.52. The smallest absolute Gasteiger partial charge is 0.226 e. The minimum absolute atomic E-state index is 0.123. The molecule has 2 rings (SSSR count). The summed E-state index contributed by atoms with van der Waals surface area (Å²) in [4.78, 5) is 13.6. The lowest BCUT2D eigenvalue weighted by molar-refractivity contribution is -0.129. The van der Waals surface area contributed by atoms with Crippen molar-refractivity contribution in [1.29, 1.82) is 0 Å². The second kappa shape index (κ2) is 4.56. The maximum atomic E-state index is 11.8. The predicted octanol–water partition coefficient (Wildman–Crippen LogP) is 1.80. The lowest BCUT2D eigenvalue weighted by Gasteiger charge is -2.16. The summed E-state index contributed by atoms with van der Waals surface area (Å²) >= 11 is 0. The van der Waals surface area contributed by atoms with E-state index in [1.165, 1.54) is 12.8 Å². The maximum Gasteiger partial charge on any atom is 0.226 e. The van der Waals surface area contributed by atoms with E-state index in [4.69, 9.17) is 0 Å². The van der Waals surface area contributed by atoms with Crippen LogP contribution in [0.5, 0.6) is 5.75 Å². The summed E-state index contributed by atoms with van der Waals surface area (Å²) in [7, 11) is 1.85. The number of phenols is 1. The lowest BCUT2D eigenvalue weighted by atomic mass is 10.1. The fourth-order valence-electron chi connectivity index (χ4n) is 1.77.